The first-order valence-electron chi connectivity index (χ1n) is 9.57. The fraction of sp³-hybridized carbons (Fsp3) is 0.524. The minimum atomic E-state index is -0.141. The number of carbonyl (C=O) groups is 2. The third-order valence-corrected chi connectivity index (χ3v) is 5.26. The summed E-state index contributed by atoms with van der Waals surface area (Å²) < 4.78 is 0. The van der Waals surface area contributed by atoms with Crippen LogP contribution in [0.2, 0.25) is 0 Å². The monoisotopic (exact) mass is 355 g/mol. The van der Waals surface area contributed by atoms with Gasteiger partial charge < -0.3 is 15.5 Å². The summed E-state index contributed by atoms with van der Waals surface area (Å²) >= 11 is 0. The quantitative estimate of drug-likeness (QED) is 0.881. The lowest BCUT2D eigenvalue weighted by molar-refractivity contribution is -0.137. The average Bonchev–Trinajstić information content (AvgIpc) is 3.47. The van der Waals surface area contributed by atoms with E-state index in [-0.39, 0.29) is 23.8 Å². The zero-order chi connectivity index (χ0) is 18.5. The summed E-state index contributed by atoms with van der Waals surface area (Å²) in [7, 11) is 0. The minimum Gasteiger partial charge on any atom is -0.341 e. The number of nitrogens with two attached hydrogens (primary N) is 1. The molecule has 2 aliphatic rings. The summed E-state index contributed by atoms with van der Waals surface area (Å²) in [6.07, 6.45) is 7.83. The highest BCUT2D eigenvalue weighted by Crippen LogP contribution is 2.30. The molecule has 1 aromatic carbocycles. The normalized spacial score (nSPS) is 23.7. The van der Waals surface area contributed by atoms with Crippen LogP contribution in [0.15, 0.2) is 36.4 Å². The van der Waals surface area contributed by atoms with E-state index >= 15 is 0 Å². The van der Waals surface area contributed by atoms with Crippen molar-refractivity contribution < 1.29 is 9.59 Å². The summed E-state index contributed by atoms with van der Waals surface area (Å²) in [5, 5.41) is 0. The van der Waals surface area contributed by atoms with Gasteiger partial charge in [-0.15, -0.1) is 0 Å². The van der Waals surface area contributed by atoms with Crippen molar-refractivity contribution >= 4 is 17.9 Å². The topological polar surface area (TPSA) is 66.6 Å². The van der Waals surface area contributed by atoms with E-state index in [4.69, 9.17) is 5.73 Å². The van der Waals surface area contributed by atoms with Crippen molar-refractivity contribution in [3.05, 3.63) is 42.0 Å². The number of hydrogen-bond donors (Lipinski definition) is 1. The van der Waals surface area contributed by atoms with Crippen LogP contribution >= 0.6 is 0 Å². The van der Waals surface area contributed by atoms with Crippen LogP contribution < -0.4 is 5.73 Å². The number of rotatable bonds is 5. The van der Waals surface area contributed by atoms with Crippen molar-refractivity contribution in [2.45, 2.75) is 44.7 Å². The summed E-state index contributed by atoms with van der Waals surface area (Å²) in [6, 6.07) is 10.4. The Labute approximate surface area is 155 Å². The molecule has 0 unspecified atom stereocenters. The number of carbonyl (C=O) groups excluding carboxylic acids is 2. The van der Waals surface area contributed by atoms with Crippen molar-refractivity contribution in [1.29, 1.82) is 0 Å². The summed E-state index contributed by atoms with van der Waals surface area (Å²) in [5.74, 6) is 0.0332. The predicted molar refractivity (Wildman–Crippen MR) is 103 cm³/mol. The molecule has 1 aromatic rings. The van der Waals surface area contributed by atoms with Gasteiger partial charge in [-0.2, -0.15) is 0 Å². The van der Waals surface area contributed by atoms with Crippen LogP contribution in [-0.4, -0.2) is 53.3 Å². The van der Waals surface area contributed by atoms with Gasteiger partial charge in [0.2, 0.25) is 11.8 Å². The van der Waals surface area contributed by atoms with E-state index in [0.717, 1.165) is 31.2 Å². The molecule has 1 saturated heterocycles. The molecule has 2 fully saturated rings. The Morgan fingerprint density at radius 1 is 1.15 bits per heavy atom. The van der Waals surface area contributed by atoms with Crippen molar-refractivity contribution in [2.24, 2.45) is 11.7 Å². The molecule has 0 radical (unpaired) electrons. The maximum atomic E-state index is 13.2. The second-order valence-corrected chi connectivity index (χ2v) is 7.49. The fourth-order valence-electron chi connectivity index (χ4n) is 3.59. The molecule has 1 saturated carbocycles. The molecule has 5 heteroatoms. The SMILES string of the molecule is CC(=O)N1C[C@@H](N)CC[C@@H](C(=O)N(CC=Cc2ccccc2)C2CC2)C1. The molecule has 140 valence electrons. The summed E-state index contributed by atoms with van der Waals surface area (Å²) in [6.45, 7) is 3.23. The number of hydrogen-bond acceptors (Lipinski definition) is 3. The average molecular weight is 355 g/mol. The van der Waals surface area contributed by atoms with Gasteiger partial charge in [0.15, 0.2) is 0 Å². The Bertz CT molecular complexity index is 654. The van der Waals surface area contributed by atoms with Gasteiger partial charge in [-0.25, -0.2) is 0 Å². The Balaban J connectivity index is 1.66. The van der Waals surface area contributed by atoms with Crippen molar-refractivity contribution in [1.82, 2.24) is 9.80 Å². The van der Waals surface area contributed by atoms with E-state index in [1.165, 1.54) is 0 Å². The number of nitrogens with zero attached hydrogens (tertiary/aromatic N) is 2. The second-order valence-electron chi connectivity index (χ2n) is 7.49. The Morgan fingerprint density at radius 3 is 2.54 bits per heavy atom. The Hall–Kier alpha value is -2.14. The van der Waals surface area contributed by atoms with E-state index in [2.05, 4.69) is 24.3 Å². The van der Waals surface area contributed by atoms with Crippen LogP contribution in [-0.2, 0) is 9.59 Å². The van der Waals surface area contributed by atoms with Crippen LogP contribution in [0.25, 0.3) is 6.08 Å². The molecule has 26 heavy (non-hydrogen) atoms. The molecule has 0 spiro atoms. The van der Waals surface area contributed by atoms with Crippen molar-refractivity contribution in [3.8, 4) is 0 Å². The zero-order valence-corrected chi connectivity index (χ0v) is 15.5. The van der Waals surface area contributed by atoms with Crippen molar-refractivity contribution in [3.63, 3.8) is 0 Å². The molecular formula is C21H29N3O2. The van der Waals surface area contributed by atoms with Gasteiger partial charge in [-0.1, -0.05) is 42.5 Å². The molecule has 0 bridgehead atoms. The van der Waals surface area contributed by atoms with Crippen LogP contribution in [0.4, 0.5) is 0 Å². The van der Waals surface area contributed by atoms with E-state index in [0.29, 0.717) is 25.7 Å². The van der Waals surface area contributed by atoms with Gasteiger partial charge in [-0.05, 0) is 31.2 Å². The number of amides is 2. The lowest BCUT2D eigenvalue weighted by Gasteiger charge is -2.28. The minimum absolute atomic E-state index is 0.00194. The fourth-order valence-corrected chi connectivity index (χ4v) is 3.59. The van der Waals surface area contributed by atoms with Gasteiger partial charge in [0.25, 0.3) is 0 Å². The third kappa shape index (κ3) is 4.94. The molecule has 1 aliphatic carbocycles. The summed E-state index contributed by atoms with van der Waals surface area (Å²) in [4.78, 5) is 28.7. The highest BCUT2D eigenvalue weighted by molar-refractivity contribution is 5.81. The lowest BCUT2D eigenvalue weighted by Crippen LogP contribution is -2.44. The van der Waals surface area contributed by atoms with Gasteiger partial charge >= 0.3 is 0 Å². The molecule has 2 amide bonds. The second kappa shape index (κ2) is 8.49. The van der Waals surface area contributed by atoms with Gasteiger partial charge in [0.1, 0.15) is 0 Å². The van der Waals surface area contributed by atoms with Crippen LogP contribution in [0, 0.1) is 5.92 Å². The lowest BCUT2D eigenvalue weighted by atomic mass is 10.00. The largest absolute Gasteiger partial charge is 0.341 e. The Morgan fingerprint density at radius 2 is 1.88 bits per heavy atom. The maximum Gasteiger partial charge on any atom is 0.228 e. The van der Waals surface area contributed by atoms with E-state index in [9.17, 15) is 9.59 Å². The van der Waals surface area contributed by atoms with Gasteiger partial charge in [0, 0.05) is 38.6 Å². The molecule has 2 atom stereocenters. The molecule has 1 heterocycles. The molecular weight excluding hydrogens is 326 g/mol. The van der Waals surface area contributed by atoms with E-state index < -0.39 is 0 Å². The highest BCUT2D eigenvalue weighted by Gasteiger charge is 2.37. The molecule has 1 aliphatic heterocycles. The zero-order valence-electron chi connectivity index (χ0n) is 15.5. The van der Waals surface area contributed by atoms with Gasteiger partial charge in [-0.3, -0.25) is 9.59 Å². The molecule has 0 aromatic heterocycles. The first kappa shape index (κ1) is 18.6. The molecule has 2 N–H and O–H groups in total. The van der Waals surface area contributed by atoms with Crippen LogP contribution in [0.3, 0.4) is 0 Å². The third-order valence-electron chi connectivity index (χ3n) is 5.26. The van der Waals surface area contributed by atoms with E-state index in [1.807, 2.05) is 23.1 Å². The number of benzene rings is 1. The van der Waals surface area contributed by atoms with E-state index in [1.54, 1.807) is 11.8 Å². The Kier molecular flexibility index (Phi) is 6.09. The first-order chi connectivity index (χ1) is 12.5. The standard InChI is InChI=1S/C21H29N3O2/c1-16(25)23-14-18(9-10-19(22)15-23)21(26)24(20-11-12-20)13-5-8-17-6-3-2-4-7-17/h2-8,18-20H,9-15,22H2,1H3/t18-,19+/m1/s1. The molecule has 3 rings (SSSR count). The smallest absolute Gasteiger partial charge is 0.228 e. The van der Waals surface area contributed by atoms with Crippen LogP contribution in [0.1, 0.15) is 38.2 Å². The highest BCUT2D eigenvalue weighted by atomic mass is 16.2. The first-order valence-corrected chi connectivity index (χ1v) is 9.57. The van der Waals surface area contributed by atoms with Crippen molar-refractivity contribution in [2.75, 3.05) is 19.6 Å². The maximum absolute atomic E-state index is 13.2. The molecule has 5 nitrogen and oxygen atoms in total. The summed E-state index contributed by atoms with van der Waals surface area (Å²) in [5.41, 5.74) is 7.23. The van der Waals surface area contributed by atoms with Gasteiger partial charge in [0.05, 0.1) is 5.92 Å². The number of likely N-dealkylation sites (tertiary alicyclic amines) is 1. The predicted octanol–water partition coefficient (Wildman–Crippen LogP) is 2.28. The van der Waals surface area contributed by atoms with Crippen LogP contribution in [0.5, 0.6) is 0 Å².